The lowest BCUT2D eigenvalue weighted by Crippen LogP contribution is -1.97. The molecule has 20 heavy (non-hydrogen) atoms. The fourth-order valence-corrected chi connectivity index (χ4v) is 2.07. The van der Waals surface area contributed by atoms with Crippen molar-refractivity contribution < 1.29 is 0 Å². The molecule has 3 rings (SSSR count). The first kappa shape index (κ1) is 12.6. The first-order valence-electron chi connectivity index (χ1n) is 6.22. The second-order valence-corrected chi connectivity index (χ2v) is 4.70. The summed E-state index contributed by atoms with van der Waals surface area (Å²) in [6.45, 7) is 0. The molecule has 0 aliphatic carbocycles. The lowest BCUT2D eigenvalue weighted by molar-refractivity contribution is 1.17. The highest BCUT2D eigenvalue weighted by Gasteiger charge is 2.03. The van der Waals surface area contributed by atoms with Gasteiger partial charge in [0.25, 0.3) is 0 Å². The number of hydrogen-bond acceptors (Lipinski definition) is 3. The molecule has 0 saturated carbocycles. The van der Waals surface area contributed by atoms with Gasteiger partial charge >= 0.3 is 0 Å². The van der Waals surface area contributed by atoms with Crippen LogP contribution in [0.1, 0.15) is 0 Å². The maximum Gasteiger partial charge on any atom is 0.227 e. The average Bonchev–Trinajstić information content (AvgIpc) is 2.49. The Labute approximate surface area is 122 Å². The Kier molecular flexibility index (Phi) is 3.61. The summed E-state index contributed by atoms with van der Waals surface area (Å²) in [5, 5.41) is 3.87. The minimum Gasteiger partial charge on any atom is -0.324 e. The molecule has 2 aromatic carbocycles. The van der Waals surface area contributed by atoms with Crippen molar-refractivity contribution in [1.82, 2.24) is 9.97 Å². The highest BCUT2D eigenvalue weighted by Crippen LogP contribution is 2.22. The Morgan fingerprint density at radius 2 is 1.75 bits per heavy atom. The van der Waals surface area contributed by atoms with Crippen molar-refractivity contribution in [2.45, 2.75) is 0 Å². The van der Waals surface area contributed by atoms with Crippen LogP contribution in [0.4, 0.5) is 11.6 Å². The molecule has 0 saturated heterocycles. The maximum atomic E-state index is 6.01. The summed E-state index contributed by atoms with van der Waals surface area (Å²) in [5.74, 6) is 0.564. The third kappa shape index (κ3) is 2.95. The number of anilines is 2. The number of halogens is 1. The molecular weight excluding hydrogens is 270 g/mol. The Bertz CT molecular complexity index is 714. The summed E-state index contributed by atoms with van der Waals surface area (Å²) in [7, 11) is 0. The van der Waals surface area contributed by atoms with Gasteiger partial charge in [-0.25, -0.2) is 9.97 Å². The number of rotatable bonds is 3. The largest absolute Gasteiger partial charge is 0.324 e. The Balaban J connectivity index is 1.90. The molecule has 3 aromatic rings. The van der Waals surface area contributed by atoms with Gasteiger partial charge < -0.3 is 5.32 Å². The molecule has 1 aromatic heterocycles. The molecule has 0 spiro atoms. The zero-order valence-corrected chi connectivity index (χ0v) is 11.4. The predicted molar refractivity (Wildman–Crippen MR) is 82.2 cm³/mol. The quantitative estimate of drug-likeness (QED) is 0.766. The molecule has 4 heteroatoms. The van der Waals surface area contributed by atoms with Crippen LogP contribution < -0.4 is 5.32 Å². The lowest BCUT2D eigenvalue weighted by Gasteiger charge is -2.06. The van der Waals surface area contributed by atoms with E-state index in [0.29, 0.717) is 11.0 Å². The number of benzene rings is 2. The number of nitrogens with one attached hydrogen (secondary N) is 1. The summed E-state index contributed by atoms with van der Waals surface area (Å²) < 4.78 is 0. The zero-order chi connectivity index (χ0) is 13.8. The molecule has 0 unspecified atom stereocenters. The average molecular weight is 282 g/mol. The molecule has 0 fully saturated rings. The fourth-order valence-electron chi connectivity index (χ4n) is 1.88. The number of aromatic nitrogens is 2. The van der Waals surface area contributed by atoms with Crippen LogP contribution in [0, 0.1) is 0 Å². The van der Waals surface area contributed by atoms with Crippen LogP contribution in [0.5, 0.6) is 0 Å². The molecule has 0 radical (unpaired) electrons. The van der Waals surface area contributed by atoms with Crippen molar-refractivity contribution in [2.24, 2.45) is 0 Å². The molecule has 3 nitrogen and oxygen atoms in total. The summed E-state index contributed by atoms with van der Waals surface area (Å²) >= 11 is 6.01. The van der Waals surface area contributed by atoms with Crippen LogP contribution >= 0.6 is 11.6 Å². The first-order chi connectivity index (χ1) is 9.81. The van der Waals surface area contributed by atoms with E-state index < -0.39 is 0 Å². The van der Waals surface area contributed by atoms with Crippen LogP contribution in [-0.4, -0.2) is 9.97 Å². The van der Waals surface area contributed by atoms with Gasteiger partial charge in [0.15, 0.2) is 0 Å². The van der Waals surface area contributed by atoms with Crippen LogP contribution in [0.15, 0.2) is 66.9 Å². The fraction of sp³-hybridized carbons (Fsp3) is 0. The van der Waals surface area contributed by atoms with Gasteiger partial charge in [-0.15, -0.1) is 0 Å². The minimum atomic E-state index is 0.564. The van der Waals surface area contributed by atoms with E-state index in [1.165, 1.54) is 0 Å². The standard InChI is InChI=1S/C16H12ClN3/c17-13-6-4-5-12(11-13)15-9-10-18-16(20-15)19-14-7-2-1-3-8-14/h1-11H,(H,18,19,20). The highest BCUT2D eigenvalue weighted by molar-refractivity contribution is 6.30. The van der Waals surface area contributed by atoms with Crippen molar-refractivity contribution in [1.29, 1.82) is 0 Å². The number of hydrogen-bond donors (Lipinski definition) is 1. The molecule has 1 N–H and O–H groups in total. The monoisotopic (exact) mass is 281 g/mol. The van der Waals surface area contributed by atoms with E-state index in [1.54, 1.807) is 6.20 Å². The van der Waals surface area contributed by atoms with Crippen molar-refractivity contribution in [3.8, 4) is 11.3 Å². The van der Waals surface area contributed by atoms with Gasteiger partial charge in [0, 0.05) is 22.5 Å². The molecule has 98 valence electrons. The Morgan fingerprint density at radius 1 is 0.900 bits per heavy atom. The van der Waals surface area contributed by atoms with Gasteiger partial charge in [-0.2, -0.15) is 0 Å². The molecule has 0 amide bonds. The molecule has 0 bridgehead atoms. The van der Waals surface area contributed by atoms with Crippen LogP contribution in [0.25, 0.3) is 11.3 Å². The summed E-state index contributed by atoms with van der Waals surface area (Å²) in [6.07, 6.45) is 1.73. The van der Waals surface area contributed by atoms with Crippen molar-refractivity contribution >= 4 is 23.2 Å². The van der Waals surface area contributed by atoms with Gasteiger partial charge in [0.1, 0.15) is 0 Å². The SMILES string of the molecule is Clc1cccc(-c2ccnc(Nc3ccccc3)n2)c1. The van der Waals surface area contributed by atoms with E-state index in [0.717, 1.165) is 16.9 Å². The van der Waals surface area contributed by atoms with E-state index in [-0.39, 0.29) is 0 Å². The van der Waals surface area contributed by atoms with Gasteiger partial charge in [-0.3, -0.25) is 0 Å². The maximum absolute atomic E-state index is 6.01. The first-order valence-corrected chi connectivity index (χ1v) is 6.60. The molecule has 0 atom stereocenters. The second kappa shape index (κ2) is 5.72. The van der Waals surface area contributed by atoms with Gasteiger partial charge in [0.2, 0.25) is 5.95 Å². The number of para-hydroxylation sites is 1. The van der Waals surface area contributed by atoms with Crippen LogP contribution in [0.3, 0.4) is 0 Å². The summed E-state index contributed by atoms with van der Waals surface area (Å²) in [6, 6.07) is 19.3. The van der Waals surface area contributed by atoms with Crippen molar-refractivity contribution in [3.63, 3.8) is 0 Å². The molecule has 0 aliphatic heterocycles. The number of nitrogens with zero attached hydrogens (tertiary/aromatic N) is 2. The molecule has 1 heterocycles. The van der Waals surface area contributed by atoms with E-state index in [2.05, 4.69) is 15.3 Å². The third-order valence-electron chi connectivity index (χ3n) is 2.81. The van der Waals surface area contributed by atoms with Crippen LogP contribution in [-0.2, 0) is 0 Å². The van der Waals surface area contributed by atoms with E-state index in [9.17, 15) is 0 Å². The van der Waals surface area contributed by atoms with Gasteiger partial charge in [-0.1, -0.05) is 41.9 Å². The molecular formula is C16H12ClN3. The topological polar surface area (TPSA) is 37.8 Å². The predicted octanol–water partition coefficient (Wildman–Crippen LogP) is 4.54. The minimum absolute atomic E-state index is 0.564. The second-order valence-electron chi connectivity index (χ2n) is 4.27. The highest BCUT2D eigenvalue weighted by atomic mass is 35.5. The lowest BCUT2D eigenvalue weighted by atomic mass is 10.1. The normalized spacial score (nSPS) is 10.2. The van der Waals surface area contributed by atoms with Gasteiger partial charge in [-0.05, 0) is 30.3 Å². The van der Waals surface area contributed by atoms with Crippen LogP contribution in [0.2, 0.25) is 5.02 Å². The summed E-state index contributed by atoms with van der Waals surface area (Å²) in [4.78, 5) is 8.73. The van der Waals surface area contributed by atoms with Gasteiger partial charge in [0.05, 0.1) is 5.69 Å². The smallest absolute Gasteiger partial charge is 0.227 e. The third-order valence-corrected chi connectivity index (χ3v) is 3.04. The molecule has 0 aliphatic rings. The Morgan fingerprint density at radius 3 is 2.55 bits per heavy atom. The summed E-state index contributed by atoms with van der Waals surface area (Å²) in [5.41, 5.74) is 2.76. The Hall–Kier alpha value is -2.39. The van der Waals surface area contributed by atoms with Crippen molar-refractivity contribution in [3.05, 3.63) is 71.9 Å². The van der Waals surface area contributed by atoms with E-state index in [4.69, 9.17) is 11.6 Å². The zero-order valence-electron chi connectivity index (χ0n) is 10.6. The van der Waals surface area contributed by atoms with E-state index in [1.807, 2.05) is 60.7 Å². The van der Waals surface area contributed by atoms with Crippen molar-refractivity contribution in [2.75, 3.05) is 5.32 Å². The van der Waals surface area contributed by atoms with E-state index >= 15 is 0 Å².